The van der Waals surface area contributed by atoms with Gasteiger partial charge in [-0.2, -0.15) is 0 Å². The molecule has 72 valence electrons. The zero-order chi connectivity index (χ0) is 9.94. The van der Waals surface area contributed by atoms with E-state index in [1.54, 1.807) is 27.7 Å². The molecule has 1 N–H and O–H groups in total. The van der Waals surface area contributed by atoms with E-state index in [0.717, 1.165) is 0 Å². The Hall–Kier alpha value is -0.140. The highest BCUT2D eigenvalue weighted by molar-refractivity contribution is 7.59. The Labute approximate surface area is 73.6 Å². The van der Waals surface area contributed by atoms with Crippen LogP contribution in [0.2, 0.25) is 0 Å². The van der Waals surface area contributed by atoms with Gasteiger partial charge in [-0.25, -0.2) is 0 Å². The Morgan fingerprint density at radius 2 is 1.75 bits per heavy atom. The van der Waals surface area contributed by atoms with Gasteiger partial charge in [-0.15, -0.1) is 0 Å². The molecule has 4 heteroatoms. The third kappa shape index (κ3) is 3.51. The maximum Gasteiger partial charge on any atom is 0.210 e. The zero-order valence-corrected chi connectivity index (χ0v) is 8.97. The van der Waals surface area contributed by atoms with Crippen LogP contribution in [0.3, 0.4) is 0 Å². The third-order valence-electron chi connectivity index (χ3n) is 1.83. The lowest BCUT2D eigenvalue weighted by atomic mass is 10.1. The smallest absolute Gasteiger partial charge is 0.210 e. The fraction of sp³-hybridized carbons (Fsp3) is 0.875. The van der Waals surface area contributed by atoms with Gasteiger partial charge in [0.25, 0.3) is 0 Å². The molecule has 0 radical (unpaired) electrons. The third-order valence-corrected chi connectivity index (χ3v) is 4.21. The normalized spacial score (nSPS) is 16.6. The second-order valence-corrected chi connectivity index (χ2v) is 6.49. The van der Waals surface area contributed by atoms with E-state index in [0.29, 0.717) is 0 Å². The van der Waals surface area contributed by atoms with Crippen molar-refractivity contribution in [3.63, 3.8) is 0 Å². The summed E-state index contributed by atoms with van der Waals surface area (Å²) in [5.41, 5.74) is -0.319. The Bertz CT molecular complexity index is 208. The average Bonchev–Trinajstić information content (AvgIpc) is 1.85. The summed E-state index contributed by atoms with van der Waals surface area (Å²) >= 11 is 0. The van der Waals surface area contributed by atoms with Gasteiger partial charge in [-0.05, 0) is 0 Å². The number of rotatable bonds is 4. The molecule has 1 unspecified atom stereocenters. The Kier molecular flexibility index (Phi) is 4.15. The van der Waals surface area contributed by atoms with Crippen LogP contribution in [0.4, 0.5) is 0 Å². The van der Waals surface area contributed by atoms with Crippen LogP contribution >= 0.6 is 7.37 Å². The van der Waals surface area contributed by atoms with Crippen LogP contribution in [0.5, 0.6) is 0 Å². The highest BCUT2D eigenvalue weighted by Gasteiger charge is 2.27. The minimum Gasteiger partial charge on any atom is -0.344 e. The van der Waals surface area contributed by atoms with E-state index < -0.39 is 7.37 Å². The summed E-state index contributed by atoms with van der Waals surface area (Å²) in [5, 5.41) is 0. The summed E-state index contributed by atoms with van der Waals surface area (Å²) in [6, 6.07) is 0. The summed E-state index contributed by atoms with van der Waals surface area (Å²) in [6.07, 6.45) is -0.178. The van der Waals surface area contributed by atoms with Crippen molar-refractivity contribution >= 4 is 13.2 Å². The molecular formula is C8H17O3P. The molecule has 0 amide bonds. The molecule has 0 aliphatic rings. The maximum absolute atomic E-state index is 11.4. The van der Waals surface area contributed by atoms with Crippen molar-refractivity contribution in [2.45, 2.75) is 33.4 Å². The van der Waals surface area contributed by atoms with Gasteiger partial charge in [0.05, 0.1) is 6.16 Å². The van der Waals surface area contributed by atoms with Gasteiger partial charge in [-0.3, -0.25) is 9.36 Å². The molecule has 0 saturated heterocycles. The maximum atomic E-state index is 11.4. The van der Waals surface area contributed by atoms with Crippen LogP contribution in [-0.2, 0) is 9.36 Å². The molecule has 12 heavy (non-hydrogen) atoms. The Morgan fingerprint density at radius 3 is 2.00 bits per heavy atom. The van der Waals surface area contributed by atoms with Crippen LogP contribution in [0, 0.1) is 5.92 Å². The van der Waals surface area contributed by atoms with Crippen molar-refractivity contribution in [2.24, 2.45) is 5.92 Å². The lowest BCUT2D eigenvalue weighted by Crippen LogP contribution is -2.15. The van der Waals surface area contributed by atoms with Crippen molar-refractivity contribution in [1.29, 1.82) is 0 Å². The molecule has 0 aliphatic carbocycles. The highest BCUT2D eigenvalue weighted by Crippen LogP contribution is 2.45. The highest BCUT2D eigenvalue weighted by atomic mass is 31.2. The van der Waals surface area contributed by atoms with Crippen molar-refractivity contribution < 1.29 is 14.3 Å². The molecule has 0 aromatic carbocycles. The van der Waals surface area contributed by atoms with E-state index in [9.17, 15) is 14.3 Å². The number of carbonyl (C=O) groups is 1. The number of hydrogen-bond donors (Lipinski definition) is 1. The molecule has 1 atom stereocenters. The van der Waals surface area contributed by atoms with Crippen molar-refractivity contribution in [3.8, 4) is 0 Å². The fourth-order valence-electron chi connectivity index (χ4n) is 0.588. The standard InChI is InChI=1S/C8H17O3P/c1-6(2)8(9)5-12(10,11)7(3)4/h6-7H,5H2,1-4H3,(H,10,11). The minimum atomic E-state index is -3.22. The number of hydrogen-bond acceptors (Lipinski definition) is 2. The Balaban J connectivity index is 4.26. The van der Waals surface area contributed by atoms with Crippen LogP contribution < -0.4 is 0 Å². The van der Waals surface area contributed by atoms with Gasteiger partial charge in [0, 0.05) is 11.6 Å². The lowest BCUT2D eigenvalue weighted by molar-refractivity contribution is -0.119. The summed E-state index contributed by atoms with van der Waals surface area (Å²) in [6.45, 7) is 6.80. The molecule has 0 spiro atoms. The van der Waals surface area contributed by atoms with E-state index in [1.807, 2.05) is 0 Å². The van der Waals surface area contributed by atoms with Gasteiger partial charge < -0.3 is 4.89 Å². The van der Waals surface area contributed by atoms with Crippen LogP contribution in [0.1, 0.15) is 27.7 Å². The molecule has 0 rings (SSSR count). The molecule has 0 aromatic rings. The van der Waals surface area contributed by atoms with Crippen LogP contribution in [0.25, 0.3) is 0 Å². The van der Waals surface area contributed by atoms with Crippen molar-refractivity contribution in [2.75, 3.05) is 6.16 Å². The predicted octanol–water partition coefficient (Wildman–Crippen LogP) is 1.89. The second kappa shape index (κ2) is 4.20. The topological polar surface area (TPSA) is 54.4 Å². The van der Waals surface area contributed by atoms with E-state index in [-0.39, 0.29) is 23.5 Å². The molecule has 0 heterocycles. The summed E-state index contributed by atoms with van der Waals surface area (Å²) in [4.78, 5) is 20.5. The summed E-state index contributed by atoms with van der Waals surface area (Å²) in [5.74, 6) is -0.279. The largest absolute Gasteiger partial charge is 0.344 e. The van der Waals surface area contributed by atoms with E-state index in [4.69, 9.17) is 0 Å². The molecule has 0 aromatic heterocycles. The van der Waals surface area contributed by atoms with Gasteiger partial charge in [0.1, 0.15) is 5.78 Å². The van der Waals surface area contributed by atoms with Crippen molar-refractivity contribution in [3.05, 3.63) is 0 Å². The molecule has 0 bridgehead atoms. The van der Waals surface area contributed by atoms with Gasteiger partial charge in [0.2, 0.25) is 7.37 Å². The van der Waals surface area contributed by atoms with E-state index in [1.165, 1.54) is 0 Å². The zero-order valence-electron chi connectivity index (χ0n) is 8.07. The first-order chi connectivity index (χ1) is 5.27. The molecular weight excluding hydrogens is 175 g/mol. The lowest BCUT2D eigenvalue weighted by Gasteiger charge is -2.15. The quantitative estimate of drug-likeness (QED) is 0.692. The monoisotopic (exact) mass is 192 g/mol. The summed E-state index contributed by atoms with van der Waals surface area (Å²) in [7, 11) is -3.22. The van der Waals surface area contributed by atoms with E-state index >= 15 is 0 Å². The van der Waals surface area contributed by atoms with Gasteiger partial charge >= 0.3 is 0 Å². The number of Topliss-reactive ketones (excluding diaryl/α,β-unsaturated/α-hetero) is 1. The van der Waals surface area contributed by atoms with Crippen LogP contribution in [-0.4, -0.2) is 22.5 Å². The molecule has 0 aliphatic heterocycles. The first-order valence-corrected chi connectivity index (χ1v) is 6.03. The first kappa shape index (κ1) is 11.9. The van der Waals surface area contributed by atoms with E-state index in [2.05, 4.69) is 0 Å². The molecule has 3 nitrogen and oxygen atoms in total. The minimum absolute atomic E-state index is 0.130. The van der Waals surface area contributed by atoms with Crippen LogP contribution in [0.15, 0.2) is 0 Å². The average molecular weight is 192 g/mol. The number of carbonyl (C=O) groups excluding carboxylic acids is 1. The Morgan fingerprint density at radius 1 is 1.33 bits per heavy atom. The second-order valence-electron chi connectivity index (χ2n) is 3.63. The summed E-state index contributed by atoms with van der Waals surface area (Å²) < 4.78 is 11.4. The SMILES string of the molecule is CC(C)C(=O)CP(=O)(O)C(C)C. The predicted molar refractivity (Wildman–Crippen MR) is 49.7 cm³/mol. The van der Waals surface area contributed by atoms with Gasteiger partial charge in [-0.1, -0.05) is 27.7 Å². The molecule has 0 fully saturated rings. The fourth-order valence-corrected chi connectivity index (χ4v) is 1.77. The van der Waals surface area contributed by atoms with Gasteiger partial charge in [0.15, 0.2) is 0 Å². The molecule has 0 saturated carbocycles. The van der Waals surface area contributed by atoms with Crippen molar-refractivity contribution in [1.82, 2.24) is 0 Å². The first-order valence-electron chi connectivity index (χ1n) is 4.11. The number of ketones is 1.